The van der Waals surface area contributed by atoms with Gasteiger partial charge in [0.2, 0.25) is 15.9 Å². The molecule has 156 valence electrons. The standard InChI is InChI=1S/C20H26N4O3S2/c1-2-23-13-11-16-18(14-23)28-20(21-16)22-19(25)17-10-6-7-12-24(17)29(26,27)15-8-4-3-5-9-15/h3-5,8-9,17H,2,6-7,10-14H2,1H3,(H,21,22,25). The Morgan fingerprint density at radius 3 is 2.79 bits per heavy atom. The summed E-state index contributed by atoms with van der Waals surface area (Å²) < 4.78 is 27.6. The van der Waals surface area contributed by atoms with Crippen molar-refractivity contribution in [3.8, 4) is 0 Å². The zero-order chi connectivity index (χ0) is 20.4. The first-order valence-corrected chi connectivity index (χ1v) is 12.3. The fourth-order valence-electron chi connectivity index (χ4n) is 3.94. The van der Waals surface area contributed by atoms with E-state index in [1.807, 2.05) is 0 Å². The number of nitrogens with zero attached hydrogens (tertiary/aromatic N) is 3. The van der Waals surface area contributed by atoms with Gasteiger partial charge in [-0.05, 0) is 31.5 Å². The molecule has 1 unspecified atom stereocenters. The Morgan fingerprint density at radius 2 is 2.03 bits per heavy atom. The molecule has 29 heavy (non-hydrogen) atoms. The Balaban J connectivity index is 1.52. The molecule has 0 bridgehead atoms. The van der Waals surface area contributed by atoms with Crippen LogP contribution in [0.4, 0.5) is 5.13 Å². The lowest BCUT2D eigenvalue weighted by Crippen LogP contribution is -2.49. The maximum absolute atomic E-state index is 13.1. The highest BCUT2D eigenvalue weighted by atomic mass is 32.2. The van der Waals surface area contributed by atoms with Gasteiger partial charge in [0.15, 0.2) is 5.13 Å². The Morgan fingerprint density at radius 1 is 1.24 bits per heavy atom. The number of anilines is 1. The highest BCUT2D eigenvalue weighted by Gasteiger charge is 2.38. The maximum Gasteiger partial charge on any atom is 0.244 e. The number of benzene rings is 1. The van der Waals surface area contributed by atoms with Crippen molar-refractivity contribution < 1.29 is 13.2 Å². The molecular formula is C20H26N4O3S2. The van der Waals surface area contributed by atoms with Crippen molar-refractivity contribution >= 4 is 32.4 Å². The highest BCUT2D eigenvalue weighted by molar-refractivity contribution is 7.89. The summed E-state index contributed by atoms with van der Waals surface area (Å²) in [4.78, 5) is 21.4. The number of nitrogens with one attached hydrogen (secondary N) is 1. The van der Waals surface area contributed by atoms with Crippen molar-refractivity contribution in [3.05, 3.63) is 40.9 Å². The number of sulfonamides is 1. The van der Waals surface area contributed by atoms with Gasteiger partial charge in [-0.1, -0.05) is 31.5 Å². The van der Waals surface area contributed by atoms with Crippen LogP contribution in [0, 0.1) is 0 Å². The first-order valence-electron chi connectivity index (χ1n) is 10.1. The van der Waals surface area contributed by atoms with Crippen molar-refractivity contribution in [1.82, 2.24) is 14.2 Å². The van der Waals surface area contributed by atoms with Crippen molar-refractivity contribution in [3.63, 3.8) is 0 Å². The molecule has 1 fully saturated rings. The smallest absolute Gasteiger partial charge is 0.244 e. The van der Waals surface area contributed by atoms with E-state index in [1.165, 1.54) is 20.5 Å². The van der Waals surface area contributed by atoms with Gasteiger partial charge < -0.3 is 5.32 Å². The van der Waals surface area contributed by atoms with Gasteiger partial charge >= 0.3 is 0 Å². The van der Waals surface area contributed by atoms with Gasteiger partial charge in [-0.15, -0.1) is 11.3 Å². The molecule has 0 saturated carbocycles. The van der Waals surface area contributed by atoms with Crippen LogP contribution in [0.3, 0.4) is 0 Å². The number of amides is 1. The van der Waals surface area contributed by atoms with Gasteiger partial charge in [-0.2, -0.15) is 4.31 Å². The SMILES string of the molecule is CCN1CCc2nc(NC(=O)C3CCCCN3S(=O)(=O)c3ccccc3)sc2C1. The zero-order valence-corrected chi connectivity index (χ0v) is 18.1. The first-order chi connectivity index (χ1) is 14.0. The van der Waals surface area contributed by atoms with E-state index in [4.69, 9.17) is 0 Å². The van der Waals surface area contributed by atoms with E-state index in [-0.39, 0.29) is 10.8 Å². The number of carbonyl (C=O) groups excluding carboxylic acids is 1. The van der Waals surface area contributed by atoms with Crippen LogP contribution in [-0.4, -0.2) is 54.2 Å². The largest absolute Gasteiger partial charge is 0.301 e. The van der Waals surface area contributed by atoms with Crippen molar-refractivity contribution in [1.29, 1.82) is 0 Å². The molecule has 4 rings (SSSR count). The number of likely N-dealkylation sites (N-methyl/N-ethyl adjacent to an activating group) is 1. The van der Waals surface area contributed by atoms with Crippen LogP contribution >= 0.6 is 11.3 Å². The molecule has 1 N–H and O–H groups in total. The molecule has 2 aliphatic heterocycles. The first kappa shape index (κ1) is 20.5. The van der Waals surface area contributed by atoms with Crippen LogP contribution < -0.4 is 5.32 Å². The van der Waals surface area contributed by atoms with Gasteiger partial charge in [0.25, 0.3) is 0 Å². The lowest BCUT2D eigenvalue weighted by molar-refractivity contribution is -0.120. The third kappa shape index (κ3) is 4.23. The topological polar surface area (TPSA) is 82.6 Å². The third-order valence-corrected chi connectivity index (χ3v) is 8.51. The van der Waals surface area contributed by atoms with E-state index >= 15 is 0 Å². The van der Waals surface area contributed by atoms with Gasteiger partial charge in [-0.3, -0.25) is 9.69 Å². The number of thiazole rings is 1. The number of hydrogen-bond acceptors (Lipinski definition) is 6. The average molecular weight is 435 g/mol. The maximum atomic E-state index is 13.1. The Hall–Kier alpha value is -1.81. The van der Waals surface area contributed by atoms with Crippen molar-refractivity contribution in [2.75, 3.05) is 25.0 Å². The lowest BCUT2D eigenvalue weighted by Gasteiger charge is -2.33. The van der Waals surface area contributed by atoms with Gasteiger partial charge in [0.05, 0.1) is 10.6 Å². The molecule has 1 amide bonds. The van der Waals surface area contributed by atoms with Crippen molar-refractivity contribution in [2.24, 2.45) is 0 Å². The second-order valence-electron chi connectivity index (χ2n) is 7.44. The summed E-state index contributed by atoms with van der Waals surface area (Å²) in [5, 5.41) is 3.47. The molecule has 1 aromatic heterocycles. The Kier molecular flexibility index (Phi) is 6.00. The van der Waals surface area contributed by atoms with Crippen molar-refractivity contribution in [2.45, 2.75) is 50.1 Å². The summed E-state index contributed by atoms with van der Waals surface area (Å²) >= 11 is 1.50. The minimum Gasteiger partial charge on any atom is -0.301 e. The third-order valence-electron chi connectivity index (χ3n) is 5.59. The molecule has 0 radical (unpaired) electrons. The number of aromatic nitrogens is 1. The molecule has 1 aromatic carbocycles. The molecule has 7 nitrogen and oxygen atoms in total. The molecule has 3 heterocycles. The highest BCUT2D eigenvalue weighted by Crippen LogP contribution is 2.30. The van der Waals surface area contributed by atoms with E-state index in [9.17, 15) is 13.2 Å². The second kappa shape index (κ2) is 8.51. The van der Waals surface area contributed by atoms with Crippen LogP contribution in [0.2, 0.25) is 0 Å². The predicted octanol–water partition coefficient (Wildman–Crippen LogP) is 2.70. The summed E-state index contributed by atoms with van der Waals surface area (Å²) in [6.45, 7) is 5.33. The second-order valence-corrected chi connectivity index (χ2v) is 10.4. The van der Waals surface area contributed by atoms with E-state index in [1.54, 1.807) is 30.3 Å². The van der Waals surface area contributed by atoms with E-state index in [2.05, 4.69) is 22.1 Å². The lowest BCUT2D eigenvalue weighted by atomic mass is 10.0. The predicted molar refractivity (Wildman–Crippen MR) is 113 cm³/mol. The molecule has 1 saturated heterocycles. The summed E-state index contributed by atoms with van der Waals surface area (Å²) in [6, 6.07) is 7.63. The summed E-state index contributed by atoms with van der Waals surface area (Å²) in [7, 11) is -3.71. The monoisotopic (exact) mass is 434 g/mol. The number of fused-ring (bicyclic) bond motifs is 1. The fraction of sp³-hybridized carbons (Fsp3) is 0.500. The summed E-state index contributed by atoms with van der Waals surface area (Å²) in [6.07, 6.45) is 2.99. The van der Waals surface area contributed by atoms with Crippen LogP contribution in [0.15, 0.2) is 35.2 Å². The molecular weight excluding hydrogens is 408 g/mol. The molecule has 2 aliphatic rings. The molecule has 9 heteroatoms. The molecule has 2 aromatic rings. The van der Waals surface area contributed by atoms with Gasteiger partial charge in [0.1, 0.15) is 6.04 Å². The normalized spacial score (nSPS) is 20.9. The van der Waals surface area contributed by atoms with Crippen LogP contribution in [-0.2, 0) is 27.8 Å². The number of piperidine rings is 1. The number of rotatable bonds is 5. The van der Waals surface area contributed by atoms with Gasteiger partial charge in [0, 0.05) is 30.9 Å². The number of carbonyl (C=O) groups is 1. The van der Waals surface area contributed by atoms with E-state index in [0.29, 0.717) is 18.1 Å². The Labute approximate surface area is 175 Å². The summed E-state index contributed by atoms with van der Waals surface area (Å²) in [5.41, 5.74) is 1.05. The Bertz CT molecular complexity index is 975. The van der Waals surface area contributed by atoms with Crippen LogP contribution in [0.5, 0.6) is 0 Å². The zero-order valence-electron chi connectivity index (χ0n) is 16.5. The van der Waals surface area contributed by atoms with Crippen LogP contribution in [0.1, 0.15) is 36.8 Å². The minimum atomic E-state index is -3.71. The van der Waals surface area contributed by atoms with E-state index < -0.39 is 16.1 Å². The van der Waals surface area contributed by atoms with Crippen LogP contribution in [0.25, 0.3) is 0 Å². The fourth-order valence-corrected chi connectivity index (χ4v) is 6.67. The average Bonchev–Trinajstić information content (AvgIpc) is 3.15. The molecule has 0 spiro atoms. The number of hydrogen-bond donors (Lipinski definition) is 1. The quantitative estimate of drug-likeness (QED) is 0.782. The summed E-state index contributed by atoms with van der Waals surface area (Å²) in [5.74, 6) is -0.289. The van der Waals surface area contributed by atoms with Gasteiger partial charge in [-0.25, -0.2) is 13.4 Å². The minimum absolute atomic E-state index is 0.226. The molecule has 0 aliphatic carbocycles. The van der Waals surface area contributed by atoms with E-state index in [0.717, 1.165) is 44.6 Å². The molecule has 1 atom stereocenters.